The normalized spacial score (nSPS) is 21.6. The minimum absolute atomic E-state index is 0.144. The third-order valence-electron chi connectivity index (χ3n) is 2.26. The molecule has 1 aliphatic rings. The molecule has 96 valence electrons. The van der Waals surface area contributed by atoms with Crippen LogP contribution in [0.1, 0.15) is 0 Å². The van der Waals surface area contributed by atoms with E-state index in [0.29, 0.717) is 4.90 Å². The largest absolute Gasteiger partial charge is 0.283 e. The molecular weight excluding hydrogens is 278 g/mol. The summed E-state index contributed by atoms with van der Waals surface area (Å²) in [5, 5.41) is 10.9. The number of para-hydroxylation sites is 1. The van der Waals surface area contributed by atoms with Crippen LogP contribution < -0.4 is 0 Å². The molecule has 1 aromatic carbocycles. The second kappa shape index (κ2) is 7.01. The van der Waals surface area contributed by atoms with Crippen LogP contribution in [0.4, 0.5) is 5.69 Å². The molecule has 5 heteroatoms. The molecule has 1 aromatic rings. The first-order valence-corrected chi connectivity index (χ1v) is 7.72. The lowest BCUT2D eigenvalue weighted by molar-refractivity contribution is -0.387. The van der Waals surface area contributed by atoms with Crippen LogP contribution in [0.3, 0.4) is 0 Å². The molecule has 0 fully saturated rings. The number of benzene rings is 1. The van der Waals surface area contributed by atoms with Crippen LogP contribution in [0.2, 0.25) is 0 Å². The Bertz CT molecular complexity index is 589. The van der Waals surface area contributed by atoms with Gasteiger partial charge in [-0.3, -0.25) is 10.1 Å². The van der Waals surface area contributed by atoms with Gasteiger partial charge in [-0.1, -0.05) is 53.3 Å². The van der Waals surface area contributed by atoms with Crippen LogP contribution in [-0.4, -0.2) is 4.92 Å². The van der Waals surface area contributed by atoms with E-state index < -0.39 is 0 Å². The topological polar surface area (TPSA) is 43.1 Å². The lowest BCUT2D eigenvalue weighted by Gasteiger charge is -2.03. The Labute approximate surface area is 119 Å². The third-order valence-corrected chi connectivity index (χ3v) is 4.69. The first kappa shape index (κ1) is 13.7. The van der Waals surface area contributed by atoms with Crippen LogP contribution in [-0.2, 0) is 0 Å². The number of hydrogen-bond donors (Lipinski definition) is 0. The number of hydrogen-bond acceptors (Lipinski definition) is 4. The fraction of sp³-hybridized carbons (Fsp3) is 0. The summed E-state index contributed by atoms with van der Waals surface area (Å²) in [6, 6.07) is 6.77. The van der Waals surface area contributed by atoms with Gasteiger partial charge in [0.25, 0.3) is 5.69 Å². The molecule has 19 heavy (non-hydrogen) atoms. The summed E-state index contributed by atoms with van der Waals surface area (Å²) in [6.07, 6.45) is 13.7. The molecule has 2 rings (SSSR count). The molecule has 0 amide bonds. The Morgan fingerprint density at radius 2 is 1.68 bits per heavy atom. The van der Waals surface area contributed by atoms with Gasteiger partial charge < -0.3 is 0 Å². The minimum Gasteiger partial charge on any atom is -0.258 e. The van der Waals surface area contributed by atoms with Gasteiger partial charge >= 0.3 is 0 Å². The highest BCUT2D eigenvalue weighted by atomic mass is 33.1. The Kier molecular flexibility index (Phi) is 5.06. The molecule has 0 unspecified atom stereocenters. The SMILES string of the molecule is O=[N+]([O-])c1ccccc1SSC1=C/C=C\C=C/C=C\1. The lowest BCUT2D eigenvalue weighted by atomic mass is 10.3. The molecule has 0 aromatic heterocycles. The standard InChI is InChI=1S/C14H11NO2S2/c16-15(17)13-10-6-7-11-14(13)19-18-12-8-4-2-1-3-5-9-12/h1-11H/b2-1-,3-1?,4-2?,5-3-,8-4-,9-5?,12-8?,12-9+. The summed E-state index contributed by atoms with van der Waals surface area (Å²) in [7, 11) is 2.90. The maximum atomic E-state index is 10.9. The quantitative estimate of drug-likeness (QED) is 0.449. The number of allylic oxidation sites excluding steroid dienone is 7. The van der Waals surface area contributed by atoms with E-state index in [-0.39, 0.29) is 10.6 Å². The first-order chi connectivity index (χ1) is 9.27. The van der Waals surface area contributed by atoms with Crippen molar-refractivity contribution in [2.45, 2.75) is 4.90 Å². The van der Waals surface area contributed by atoms with Crippen molar-refractivity contribution in [3.8, 4) is 0 Å². The molecule has 0 bridgehead atoms. The van der Waals surface area contributed by atoms with Crippen molar-refractivity contribution in [2.75, 3.05) is 0 Å². The summed E-state index contributed by atoms with van der Waals surface area (Å²) in [5.41, 5.74) is 0.144. The fourth-order valence-corrected chi connectivity index (χ4v) is 3.51. The van der Waals surface area contributed by atoms with Crippen molar-refractivity contribution < 1.29 is 4.92 Å². The maximum Gasteiger partial charge on any atom is 0.283 e. The highest BCUT2D eigenvalue weighted by Gasteiger charge is 2.13. The van der Waals surface area contributed by atoms with E-state index in [0.717, 1.165) is 4.91 Å². The Morgan fingerprint density at radius 1 is 0.947 bits per heavy atom. The van der Waals surface area contributed by atoms with E-state index in [2.05, 4.69) is 0 Å². The average molecular weight is 289 g/mol. The van der Waals surface area contributed by atoms with E-state index in [1.54, 1.807) is 18.2 Å². The molecule has 0 saturated heterocycles. The van der Waals surface area contributed by atoms with Crippen LogP contribution >= 0.6 is 21.6 Å². The molecule has 0 radical (unpaired) electrons. The summed E-state index contributed by atoms with van der Waals surface area (Å²) in [6.45, 7) is 0. The lowest BCUT2D eigenvalue weighted by Crippen LogP contribution is -1.89. The Morgan fingerprint density at radius 3 is 2.53 bits per heavy atom. The van der Waals surface area contributed by atoms with Gasteiger partial charge in [0.2, 0.25) is 0 Å². The van der Waals surface area contributed by atoms with Crippen LogP contribution in [0.15, 0.2) is 76.6 Å². The van der Waals surface area contributed by atoms with E-state index in [4.69, 9.17) is 0 Å². The Hall–Kier alpha value is -1.72. The molecule has 1 aliphatic carbocycles. The van der Waals surface area contributed by atoms with E-state index in [9.17, 15) is 10.1 Å². The fourth-order valence-electron chi connectivity index (χ4n) is 1.38. The second-order valence-electron chi connectivity index (χ2n) is 3.59. The summed E-state index contributed by atoms with van der Waals surface area (Å²) >= 11 is 0. The van der Waals surface area contributed by atoms with E-state index in [1.807, 2.05) is 42.5 Å². The highest BCUT2D eigenvalue weighted by molar-refractivity contribution is 8.78. The minimum atomic E-state index is -0.353. The maximum absolute atomic E-state index is 10.9. The van der Waals surface area contributed by atoms with Gasteiger partial charge in [-0.05, 0) is 29.0 Å². The van der Waals surface area contributed by atoms with Crippen LogP contribution in [0.25, 0.3) is 0 Å². The molecule has 0 saturated carbocycles. The molecule has 0 spiro atoms. The van der Waals surface area contributed by atoms with Crippen molar-refractivity contribution in [3.63, 3.8) is 0 Å². The number of nitrogens with zero attached hydrogens (tertiary/aromatic N) is 1. The van der Waals surface area contributed by atoms with Gasteiger partial charge in [0.1, 0.15) is 0 Å². The predicted molar refractivity (Wildman–Crippen MR) is 82.0 cm³/mol. The zero-order valence-corrected chi connectivity index (χ0v) is 11.6. The Balaban J connectivity index is 2.09. The summed E-state index contributed by atoms with van der Waals surface area (Å²) in [5.74, 6) is 0. The van der Waals surface area contributed by atoms with Crippen LogP contribution in [0, 0.1) is 10.1 Å². The van der Waals surface area contributed by atoms with Gasteiger partial charge in [-0.25, -0.2) is 0 Å². The summed E-state index contributed by atoms with van der Waals surface area (Å²) < 4.78 is 0. The monoisotopic (exact) mass is 289 g/mol. The molecule has 0 N–H and O–H groups in total. The summed E-state index contributed by atoms with van der Waals surface area (Å²) in [4.78, 5) is 12.3. The van der Waals surface area contributed by atoms with Crippen molar-refractivity contribution >= 4 is 27.3 Å². The number of rotatable bonds is 4. The zero-order valence-electron chi connectivity index (χ0n) is 9.93. The predicted octanol–water partition coefficient (Wildman–Crippen LogP) is 4.90. The molecule has 0 atom stereocenters. The van der Waals surface area contributed by atoms with Gasteiger partial charge in [0.05, 0.1) is 9.82 Å². The number of nitro benzene ring substituents is 1. The molecule has 3 nitrogen and oxygen atoms in total. The number of nitro groups is 1. The van der Waals surface area contributed by atoms with Gasteiger partial charge in [0.15, 0.2) is 0 Å². The van der Waals surface area contributed by atoms with Gasteiger partial charge in [-0.2, -0.15) is 0 Å². The molecule has 0 heterocycles. The van der Waals surface area contributed by atoms with Crippen molar-refractivity contribution in [3.05, 3.63) is 81.8 Å². The first-order valence-electron chi connectivity index (χ1n) is 5.57. The smallest absolute Gasteiger partial charge is 0.258 e. The van der Waals surface area contributed by atoms with Gasteiger partial charge in [0, 0.05) is 11.0 Å². The second-order valence-corrected chi connectivity index (χ2v) is 5.83. The van der Waals surface area contributed by atoms with Crippen molar-refractivity contribution in [1.29, 1.82) is 0 Å². The van der Waals surface area contributed by atoms with E-state index in [1.165, 1.54) is 27.7 Å². The highest BCUT2D eigenvalue weighted by Crippen LogP contribution is 2.41. The third kappa shape index (κ3) is 4.15. The van der Waals surface area contributed by atoms with Crippen LogP contribution in [0.5, 0.6) is 0 Å². The van der Waals surface area contributed by atoms with Crippen molar-refractivity contribution in [2.24, 2.45) is 0 Å². The van der Waals surface area contributed by atoms with E-state index >= 15 is 0 Å². The zero-order chi connectivity index (χ0) is 13.5. The average Bonchev–Trinajstić information content (AvgIpc) is 2.37. The van der Waals surface area contributed by atoms with Gasteiger partial charge in [-0.15, -0.1) is 0 Å². The molecular formula is C14H11NO2S2. The molecule has 0 aliphatic heterocycles. The van der Waals surface area contributed by atoms with Crippen molar-refractivity contribution in [1.82, 2.24) is 0 Å².